The molecule has 1 aromatic carbocycles. The van der Waals surface area contributed by atoms with E-state index in [1.165, 1.54) is 17.5 Å². The lowest BCUT2D eigenvalue weighted by atomic mass is 10.1. The molecule has 27 heavy (non-hydrogen) atoms. The molecule has 0 radical (unpaired) electrons. The third kappa shape index (κ3) is 5.03. The first-order valence-corrected chi connectivity index (χ1v) is 9.73. The summed E-state index contributed by atoms with van der Waals surface area (Å²) in [5.74, 6) is 0.153. The SMILES string of the molecule is CCOC(=O)c1cc(-c2ccccc2)sc1NC(=S)Nc1ccc(Cl)cn1. The van der Waals surface area contributed by atoms with Crippen molar-refractivity contribution in [3.63, 3.8) is 0 Å². The highest BCUT2D eigenvalue weighted by Gasteiger charge is 2.19. The highest BCUT2D eigenvalue weighted by Crippen LogP contribution is 2.36. The lowest BCUT2D eigenvalue weighted by Crippen LogP contribution is -2.20. The van der Waals surface area contributed by atoms with Gasteiger partial charge in [0.2, 0.25) is 0 Å². The van der Waals surface area contributed by atoms with Gasteiger partial charge >= 0.3 is 5.97 Å². The average molecular weight is 418 g/mol. The summed E-state index contributed by atoms with van der Waals surface area (Å²) in [7, 11) is 0. The molecular weight excluding hydrogens is 402 g/mol. The number of ether oxygens (including phenoxy) is 1. The normalized spacial score (nSPS) is 10.3. The van der Waals surface area contributed by atoms with Gasteiger partial charge in [0.15, 0.2) is 5.11 Å². The van der Waals surface area contributed by atoms with Crippen LogP contribution in [0.15, 0.2) is 54.7 Å². The van der Waals surface area contributed by atoms with E-state index in [1.54, 1.807) is 19.1 Å². The second-order valence-electron chi connectivity index (χ2n) is 5.38. The van der Waals surface area contributed by atoms with Gasteiger partial charge in [-0.3, -0.25) is 0 Å². The number of esters is 1. The van der Waals surface area contributed by atoms with E-state index in [2.05, 4.69) is 15.6 Å². The van der Waals surface area contributed by atoms with Crippen molar-refractivity contribution in [2.45, 2.75) is 6.92 Å². The minimum absolute atomic E-state index is 0.298. The van der Waals surface area contributed by atoms with Crippen molar-refractivity contribution in [2.75, 3.05) is 17.2 Å². The number of rotatable bonds is 5. The predicted octanol–water partition coefficient (Wildman–Crippen LogP) is 5.45. The van der Waals surface area contributed by atoms with Crippen molar-refractivity contribution >= 4 is 57.1 Å². The van der Waals surface area contributed by atoms with Crippen LogP contribution in [0.5, 0.6) is 0 Å². The van der Waals surface area contributed by atoms with Crippen LogP contribution >= 0.6 is 35.2 Å². The molecule has 3 aromatic rings. The second kappa shape index (κ2) is 8.94. The fourth-order valence-electron chi connectivity index (χ4n) is 2.29. The number of aromatic nitrogens is 1. The summed E-state index contributed by atoms with van der Waals surface area (Å²) >= 11 is 12.6. The zero-order valence-electron chi connectivity index (χ0n) is 14.4. The smallest absolute Gasteiger partial charge is 0.341 e. The molecule has 2 aromatic heterocycles. The Morgan fingerprint density at radius 3 is 2.67 bits per heavy atom. The maximum atomic E-state index is 12.3. The standard InChI is InChI=1S/C19H16ClN3O2S2/c1-2-25-18(24)14-10-15(12-6-4-3-5-7-12)27-17(14)23-19(26)22-16-9-8-13(20)11-21-16/h3-11H,2H2,1H3,(H2,21,22,23,26). The number of carbonyl (C=O) groups excluding carboxylic acids is 1. The van der Waals surface area contributed by atoms with E-state index in [4.69, 9.17) is 28.6 Å². The van der Waals surface area contributed by atoms with Crippen molar-refractivity contribution in [1.82, 2.24) is 4.98 Å². The number of nitrogens with zero attached hydrogens (tertiary/aromatic N) is 1. The van der Waals surface area contributed by atoms with Crippen LogP contribution in [-0.2, 0) is 4.74 Å². The first-order valence-electron chi connectivity index (χ1n) is 8.12. The van der Waals surface area contributed by atoms with Gasteiger partial charge in [0.1, 0.15) is 10.8 Å². The van der Waals surface area contributed by atoms with Gasteiger partial charge in [-0.25, -0.2) is 9.78 Å². The van der Waals surface area contributed by atoms with Gasteiger partial charge in [-0.05, 0) is 42.9 Å². The fourth-order valence-corrected chi connectivity index (χ4v) is 3.73. The van der Waals surface area contributed by atoms with Gasteiger partial charge in [-0.2, -0.15) is 0 Å². The number of carbonyl (C=O) groups is 1. The Kier molecular flexibility index (Phi) is 6.39. The first kappa shape index (κ1) is 19.3. The zero-order valence-corrected chi connectivity index (χ0v) is 16.8. The molecule has 0 unspecified atom stereocenters. The van der Waals surface area contributed by atoms with Gasteiger partial charge in [0.25, 0.3) is 0 Å². The lowest BCUT2D eigenvalue weighted by Gasteiger charge is -2.10. The molecule has 0 spiro atoms. The number of hydrogen-bond acceptors (Lipinski definition) is 5. The van der Waals surface area contributed by atoms with Gasteiger partial charge in [0.05, 0.1) is 17.2 Å². The van der Waals surface area contributed by atoms with E-state index in [9.17, 15) is 4.79 Å². The molecule has 0 aliphatic rings. The summed E-state index contributed by atoms with van der Waals surface area (Å²) in [5.41, 5.74) is 1.45. The molecule has 0 aliphatic carbocycles. The number of hydrogen-bond donors (Lipinski definition) is 2. The summed E-state index contributed by atoms with van der Waals surface area (Å²) in [6, 6.07) is 15.0. The number of benzene rings is 1. The molecule has 0 fully saturated rings. The molecule has 2 N–H and O–H groups in total. The van der Waals surface area contributed by atoms with Crippen LogP contribution in [0.3, 0.4) is 0 Å². The number of pyridine rings is 1. The van der Waals surface area contributed by atoms with Crippen molar-refractivity contribution in [1.29, 1.82) is 0 Å². The van der Waals surface area contributed by atoms with Crippen molar-refractivity contribution < 1.29 is 9.53 Å². The van der Waals surface area contributed by atoms with Crippen LogP contribution < -0.4 is 10.6 Å². The third-order valence-electron chi connectivity index (χ3n) is 3.48. The van der Waals surface area contributed by atoms with Crippen LogP contribution in [0.2, 0.25) is 5.02 Å². The molecule has 0 atom stereocenters. The molecule has 0 saturated carbocycles. The maximum absolute atomic E-state index is 12.3. The van der Waals surface area contributed by atoms with Gasteiger partial charge in [-0.15, -0.1) is 11.3 Å². The summed E-state index contributed by atoms with van der Waals surface area (Å²) in [4.78, 5) is 17.4. The Hall–Kier alpha value is -2.48. The van der Waals surface area contributed by atoms with Crippen molar-refractivity contribution in [2.24, 2.45) is 0 Å². The lowest BCUT2D eigenvalue weighted by molar-refractivity contribution is 0.0528. The van der Waals surface area contributed by atoms with Gasteiger partial charge < -0.3 is 15.4 Å². The molecular formula is C19H16ClN3O2S2. The maximum Gasteiger partial charge on any atom is 0.341 e. The van der Waals surface area contributed by atoms with E-state index < -0.39 is 5.97 Å². The van der Waals surface area contributed by atoms with E-state index in [1.807, 2.05) is 36.4 Å². The van der Waals surface area contributed by atoms with E-state index in [0.717, 1.165) is 10.4 Å². The van der Waals surface area contributed by atoms with Gasteiger partial charge in [0, 0.05) is 11.1 Å². The molecule has 3 rings (SSSR count). The minimum Gasteiger partial charge on any atom is -0.462 e. The number of thiophene rings is 1. The van der Waals surface area contributed by atoms with E-state index >= 15 is 0 Å². The number of nitrogens with one attached hydrogen (secondary N) is 2. The predicted molar refractivity (Wildman–Crippen MR) is 115 cm³/mol. The van der Waals surface area contributed by atoms with E-state index in [0.29, 0.717) is 33.1 Å². The average Bonchev–Trinajstić information content (AvgIpc) is 3.08. The molecule has 0 saturated heterocycles. The van der Waals surface area contributed by atoms with Crippen LogP contribution in [0.4, 0.5) is 10.8 Å². The monoisotopic (exact) mass is 417 g/mol. The van der Waals surface area contributed by atoms with Crippen molar-refractivity contribution in [3.05, 3.63) is 65.3 Å². The second-order valence-corrected chi connectivity index (χ2v) is 7.28. The number of anilines is 2. The Morgan fingerprint density at radius 1 is 1.22 bits per heavy atom. The zero-order chi connectivity index (χ0) is 19.2. The van der Waals surface area contributed by atoms with Crippen LogP contribution in [-0.4, -0.2) is 22.7 Å². The fraction of sp³-hybridized carbons (Fsp3) is 0.105. The molecule has 0 aliphatic heterocycles. The molecule has 138 valence electrons. The quantitative estimate of drug-likeness (QED) is 0.425. The topological polar surface area (TPSA) is 63.2 Å². The van der Waals surface area contributed by atoms with Crippen LogP contribution in [0.1, 0.15) is 17.3 Å². The first-order chi connectivity index (χ1) is 13.1. The van der Waals surface area contributed by atoms with E-state index in [-0.39, 0.29) is 0 Å². The number of halogens is 1. The largest absolute Gasteiger partial charge is 0.462 e. The number of thiocarbonyl (C=S) groups is 1. The Bertz CT molecular complexity index is 943. The van der Waals surface area contributed by atoms with Crippen LogP contribution in [0, 0.1) is 0 Å². The van der Waals surface area contributed by atoms with Crippen molar-refractivity contribution in [3.8, 4) is 10.4 Å². The third-order valence-corrected chi connectivity index (χ3v) is 5.01. The Labute approximate surface area is 171 Å². The summed E-state index contributed by atoms with van der Waals surface area (Å²) < 4.78 is 5.17. The molecule has 2 heterocycles. The Morgan fingerprint density at radius 2 is 2.00 bits per heavy atom. The van der Waals surface area contributed by atoms with Crippen LogP contribution in [0.25, 0.3) is 10.4 Å². The summed E-state index contributed by atoms with van der Waals surface area (Å²) in [6.45, 7) is 2.07. The summed E-state index contributed by atoms with van der Waals surface area (Å²) in [6.07, 6.45) is 1.52. The molecule has 0 bridgehead atoms. The molecule has 0 amide bonds. The highest BCUT2D eigenvalue weighted by molar-refractivity contribution is 7.80. The minimum atomic E-state index is -0.397. The summed E-state index contributed by atoms with van der Waals surface area (Å²) in [5, 5.41) is 7.50. The molecule has 8 heteroatoms. The highest BCUT2D eigenvalue weighted by atomic mass is 35.5. The van der Waals surface area contributed by atoms with Gasteiger partial charge in [-0.1, -0.05) is 41.9 Å². The molecule has 5 nitrogen and oxygen atoms in total. The Balaban J connectivity index is 1.83.